The Morgan fingerprint density at radius 3 is 2.52 bits per heavy atom. The van der Waals surface area contributed by atoms with Crippen molar-refractivity contribution in [3.63, 3.8) is 0 Å². The van der Waals surface area contributed by atoms with E-state index in [1.807, 2.05) is 13.8 Å². The molecule has 9 nitrogen and oxygen atoms in total. The van der Waals surface area contributed by atoms with Crippen LogP contribution in [0.1, 0.15) is 42.7 Å². The van der Waals surface area contributed by atoms with Crippen LogP contribution in [0.2, 0.25) is 0 Å². The summed E-state index contributed by atoms with van der Waals surface area (Å²) in [5.74, 6) is -6.40. The van der Waals surface area contributed by atoms with Gasteiger partial charge in [0.05, 0.1) is 10.9 Å². The maximum absolute atomic E-state index is 14.3. The van der Waals surface area contributed by atoms with E-state index in [1.165, 1.54) is 11.9 Å². The van der Waals surface area contributed by atoms with Crippen molar-refractivity contribution in [3.8, 4) is 0 Å². The topological polar surface area (TPSA) is 129 Å². The summed E-state index contributed by atoms with van der Waals surface area (Å²) in [6.45, 7) is 3.56. The number of rotatable bonds is 6. The van der Waals surface area contributed by atoms with E-state index in [9.17, 15) is 32.3 Å². The van der Waals surface area contributed by atoms with Crippen molar-refractivity contribution in [2.24, 2.45) is 11.7 Å². The Morgan fingerprint density at radius 2 is 1.85 bits per heavy atom. The first-order valence-corrected chi connectivity index (χ1v) is 12.8. The van der Waals surface area contributed by atoms with E-state index in [1.54, 1.807) is 24.3 Å². The summed E-state index contributed by atoms with van der Waals surface area (Å²) in [6.07, 6.45) is 0.158. The van der Waals surface area contributed by atoms with Crippen molar-refractivity contribution in [1.82, 2.24) is 14.8 Å². The predicted octanol–water partition coefficient (Wildman–Crippen LogP) is 3.05. The van der Waals surface area contributed by atoms with Gasteiger partial charge in [-0.1, -0.05) is 32.0 Å². The van der Waals surface area contributed by atoms with Gasteiger partial charge in [0.2, 0.25) is 17.7 Å². The molecule has 0 saturated carbocycles. The van der Waals surface area contributed by atoms with E-state index >= 15 is 0 Å². The van der Waals surface area contributed by atoms with Crippen LogP contribution in [0.5, 0.6) is 0 Å². The molecular formula is C28H28F3N5O4. The summed E-state index contributed by atoms with van der Waals surface area (Å²) in [5.41, 5.74) is 4.99. The van der Waals surface area contributed by atoms with E-state index in [-0.39, 0.29) is 42.3 Å². The number of fused-ring (bicyclic) bond motifs is 3. The number of nitrogens with one attached hydrogen (secondary N) is 2. The molecule has 2 aliphatic heterocycles. The predicted molar refractivity (Wildman–Crippen MR) is 140 cm³/mol. The molecule has 1 spiro atoms. The smallest absolute Gasteiger partial charge is 0.270 e. The lowest BCUT2D eigenvalue weighted by atomic mass is 9.79. The molecule has 2 aromatic carbocycles. The van der Waals surface area contributed by atoms with Crippen molar-refractivity contribution in [1.29, 1.82) is 0 Å². The third-order valence-electron chi connectivity index (χ3n) is 7.85. The Bertz CT molecular complexity index is 1570. The minimum absolute atomic E-state index is 0.0187. The van der Waals surface area contributed by atoms with Gasteiger partial charge >= 0.3 is 0 Å². The number of carbonyl (C=O) groups excluding carboxylic acids is 4. The maximum atomic E-state index is 14.3. The van der Waals surface area contributed by atoms with Crippen molar-refractivity contribution in [3.05, 3.63) is 65.1 Å². The summed E-state index contributed by atoms with van der Waals surface area (Å²) in [7, 11) is 1.36. The van der Waals surface area contributed by atoms with Crippen LogP contribution in [-0.4, -0.2) is 64.1 Å². The fourth-order valence-corrected chi connectivity index (χ4v) is 5.82. The Labute approximate surface area is 227 Å². The fraction of sp³-hybridized carbons (Fsp3) is 0.357. The highest BCUT2D eigenvalue weighted by Gasteiger charge is 2.57. The number of benzene rings is 2. The number of anilines is 1. The third kappa shape index (κ3) is 4.18. The van der Waals surface area contributed by atoms with Crippen LogP contribution in [0.25, 0.3) is 10.9 Å². The quantitative estimate of drug-likeness (QED) is 0.404. The number of H-pyrrole nitrogens is 1. The molecule has 40 heavy (non-hydrogen) atoms. The minimum Gasteiger partial charge on any atom is -0.368 e. The summed E-state index contributed by atoms with van der Waals surface area (Å²) in [5, 5.41) is 2.50. The van der Waals surface area contributed by atoms with Gasteiger partial charge < -0.3 is 25.8 Å². The number of primary amides is 1. The van der Waals surface area contributed by atoms with Gasteiger partial charge in [0.25, 0.3) is 5.91 Å². The molecule has 1 aromatic heterocycles. The average Bonchev–Trinajstić information content (AvgIpc) is 3.60. The Balaban J connectivity index is 1.50. The van der Waals surface area contributed by atoms with Crippen LogP contribution in [0.15, 0.2) is 36.4 Å². The first-order valence-electron chi connectivity index (χ1n) is 12.8. The molecule has 1 saturated heterocycles. The number of aromatic nitrogens is 1. The van der Waals surface area contributed by atoms with Gasteiger partial charge in [-0.25, -0.2) is 13.2 Å². The molecule has 3 atom stereocenters. The van der Waals surface area contributed by atoms with Gasteiger partial charge in [0, 0.05) is 30.7 Å². The molecule has 0 unspecified atom stereocenters. The van der Waals surface area contributed by atoms with Crippen molar-refractivity contribution >= 4 is 40.2 Å². The second kappa shape index (κ2) is 9.68. The Hall–Kier alpha value is -4.35. The van der Waals surface area contributed by atoms with Gasteiger partial charge in [-0.05, 0) is 36.5 Å². The Morgan fingerprint density at radius 1 is 1.15 bits per heavy atom. The molecule has 5 rings (SSSR count). The largest absolute Gasteiger partial charge is 0.368 e. The van der Waals surface area contributed by atoms with Gasteiger partial charge in [0.1, 0.15) is 23.6 Å². The van der Waals surface area contributed by atoms with Crippen molar-refractivity contribution < 1.29 is 32.3 Å². The minimum atomic E-state index is -1.41. The number of para-hydroxylation sites is 1. The summed E-state index contributed by atoms with van der Waals surface area (Å²) in [6, 6.07) is 6.24. The lowest BCUT2D eigenvalue weighted by Crippen LogP contribution is -2.54. The lowest BCUT2D eigenvalue weighted by Gasteiger charge is -2.33. The molecule has 0 bridgehead atoms. The van der Waals surface area contributed by atoms with Crippen LogP contribution in [-0.2, 0) is 19.8 Å². The molecule has 210 valence electrons. The summed E-state index contributed by atoms with van der Waals surface area (Å²) < 4.78 is 42.3. The van der Waals surface area contributed by atoms with E-state index < -0.39 is 58.2 Å². The highest BCUT2D eigenvalue weighted by molar-refractivity contribution is 6.08. The molecule has 0 aliphatic carbocycles. The van der Waals surface area contributed by atoms with Crippen LogP contribution >= 0.6 is 0 Å². The van der Waals surface area contributed by atoms with Gasteiger partial charge in [0.15, 0.2) is 11.6 Å². The number of amides is 4. The van der Waals surface area contributed by atoms with E-state index in [0.717, 1.165) is 11.0 Å². The molecule has 1 fully saturated rings. The zero-order valence-corrected chi connectivity index (χ0v) is 22.1. The fourth-order valence-electron chi connectivity index (χ4n) is 5.82. The number of likely N-dealkylation sites (N-methyl/N-ethyl adjacent to an activating group) is 1. The van der Waals surface area contributed by atoms with E-state index in [2.05, 4.69) is 10.3 Å². The highest BCUT2D eigenvalue weighted by Crippen LogP contribution is 2.46. The summed E-state index contributed by atoms with van der Waals surface area (Å²) >= 11 is 0. The lowest BCUT2D eigenvalue weighted by molar-refractivity contribution is -0.141. The molecule has 4 amide bonds. The van der Waals surface area contributed by atoms with E-state index in [4.69, 9.17) is 5.73 Å². The monoisotopic (exact) mass is 555 g/mol. The van der Waals surface area contributed by atoms with E-state index in [0.29, 0.717) is 17.3 Å². The molecule has 12 heteroatoms. The van der Waals surface area contributed by atoms with Crippen LogP contribution in [0.4, 0.5) is 18.9 Å². The molecule has 2 aliphatic rings. The number of likely N-dealkylation sites (tertiary alicyclic amines) is 1. The number of halogens is 3. The zero-order valence-electron chi connectivity index (χ0n) is 22.1. The number of nitrogens with two attached hydrogens (primary N) is 1. The second-order valence-corrected chi connectivity index (χ2v) is 10.9. The van der Waals surface area contributed by atoms with Crippen LogP contribution in [0, 0.1) is 23.4 Å². The molecule has 4 N–H and O–H groups in total. The number of aromatic amines is 1. The molecule has 0 radical (unpaired) electrons. The second-order valence-electron chi connectivity index (χ2n) is 10.9. The van der Waals surface area contributed by atoms with Crippen LogP contribution in [0.3, 0.4) is 0 Å². The molecular weight excluding hydrogens is 527 g/mol. The standard InChI is InChI=1S/C28H28F3N5O4/c1-13(2)8-20(35(3)25(38)19-9-14-16(29)10-17(30)22(31)23(14)33-19)26(39)36-12-28(11-21(36)24(32)37)15-6-4-5-7-18(15)34-27(28)40/h4-7,9-10,13,20-21,33H,8,11-12H2,1-3H3,(H2,32,37)(H,34,40)/t20-,21-,28-/m0/s1. The number of hydrogen-bond acceptors (Lipinski definition) is 4. The zero-order chi connectivity index (χ0) is 29.1. The first kappa shape index (κ1) is 27.2. The van der Waals surface area contributed by atoms with Crippen molar-refractivity contribution in [2.45, 2.75) is 44.2 Å². The molecule has 3 aromatic rings. The van der Waals surface area contributed by atoms with Gasteiger partial charge in [-0.15, -0.1) is 0 Å². The van der Waals surface area contributed by atoms with Gasteiger partial charge in [-0.2, -0.15) is 0 Å². The maximum Gasteiger partial charge on any atom is 0.270 e. The van der Waals surface area contributed by atoms with Crippen molar-refractivity contribution in [2.75, 3.05) is 18.9 Å². The van der Waals surface area contributed by atoms with Gasteiger partial charge in [-0.3, -0.25) is 19.2 Å². The average molecular weight is 556 g/mol. The number of hydrogen-bond donors (Lipinski definition) is 3. The van der Waals surface area contributed by atoms with Crippen LogP contribution < -0.4 is 11.1 Å². The first-order chi connectivity index (χ1) is 18.9. The Kier molecular flexibility index (Phi) is 6.59. The molecule has 3 heterocycles. The number of carbonyl (C=O) groups is 4. The summed E-state index contributed by atoms with van der Waals surface area (Å²) in [4.78, 5) is 58.1. The highest BCUT2D eigenvalue weighted by atomic mass is 19.2. The third-order valence-corrected chi connectivity index (χ3v) is 7.85. The normalized spacial score (nSPS) is 20.7. The number of nitrogens with zero attached hydrogens (tertiary/aromatic N) is 2. The SMILES string of the molecule is CC(C)C[C@@H](C(=O)N1C[C@]2(C[C@H]1C(N)=O)C(=O)Nc1ccccc12)N(C)C(=O)c1cc2c(F)cc(F)c(F)c2[nH]1.